The second-order valence-corrected chi connectivity index (χ2v) is 11.8. The van der Waals surface area contributed by atoms with E-state index in [1.54, 1.807) is 23.8 Å². The number of carbonyl (C=O) groups is 2. The second kappa shape index (κ2) is 10.1. The van der Waals surface area contributed by atoms with Crippen LogP contribution in [0.4, 0.5) is 13.6 Å². The molecule has 2 unspecified atom stereocenters. The molecule has 0 bridgehead atoms. The van der Waals surface area contributed by atoms with Crippen LogP contribution in [0.5, 0.6) is 0 Å². The van der Waals surface area contributed by atoms with Crippen LogP contribution < -0.4 is 10.6 Å². The summed E-state index contributed by atoms with van der Waals surface area (Å²) in [7, 11) is 0. The Morgan fingerprint density at radius 2 is 1.93 bits per heavy atom. The fourth-order valence-corrected chi connectivity index (χ4v) is 6.02. The molecule has 2 aliphatic carbocycles. The lowest BCUT2D eigenvalue weighted by Crippen LogP contribution is -2.37. The van der Waals surface area contributed by atoms with E-state index in [-0.39, 0.29) is 55.4 Å². The third kappa shape index (κ3) is 5.13. The topological polar surface area (TPSA) is 131 Å². The number of imidazole rings is 1. The summed E-state index contributed by atoms with van der Waals surface area (Å²) in [5.74, 6) is -2.76. The number of aryl methyl sites for hydroxylation is 1. The number of urea groups is 1. The number of aromatic nitrogens is 5. The van der Waals surface area contributed by atoms with Crippen LogP contribution in [0.2, 0.25) is 0 Å². The van der Waals surface area contributed by atoms with Gasteiger partial charge in [-0.05, 0) is 67.1 Å². The van der Waals surface area contributed by atoms with E-state index < -0.39 is 17.9 Å². The molecule has 3 aliphatic rings. The molecule has 0 radical (unpaired) electrons. The van der Waals surface area contributed by atoms with Gasteiger partial charge < -0.3 is 15.5 Å². The van der Waals surface area contributed by atoms with Crippen LogP contribution in [-0.4, -0.2) is 60.3 Å². The van der Waals surface area contributed by atoms with Gasteiger partial charge >= 0.3 is 6.03 Å². The molecule has 2 N–H and O–H groups in total. The van der Waals surface area contributed by atoms with Gasteiger partial charge in [-0.15, -0.1) is 0 Å². The Morgan fingerprint density at radius 3 is 2.55 bits per heavy atom. The molecule has 2 saturated carbocycles. The molecule has 1 aliphatic heterocycles. The summed E-state index contributed by atoms with van der Waals surface area (Å²) in [5, 5.41) is 18.0. The summed E-state index contributed by atoms with van der Waals surface area (Å²) in [6.45, 7) is 6.45. The number of alkyl halides is 2. The second-order valence-electron chi connectivity index (χ2n) is 11.8. The molecular formula is C27H34F2N8O3. The highest BCUT2D eigenvalue weighted by Crippen LogP contribution is 2.46. The number of nitrogens with zero attached hydrogens (tertiary/aromatic N) is 6. The van der Waals surface area contributed by atoms with Crippen molar-refractivity contribution in [3.05, 3.63) is 41.1 Å². The highest BCUT2D eigenvalue weighted by Gasteiger charge is 2.44. The number of nitrogens with one attached hydrogen (secondary N) is 2. The van der Waals surface area contributed by atoms with Crippen LogP contribution >= 0.6 is 0 Å². The summed E-state index contributed by atoms with van der Waals surface area (Å²) in [5.41, 5.74) is 2.39. The average Bonchev–Trinajstić information content (AvgIpc) is 3.30. The van der Waals surface area contributed by atoms with Crippen LogP contribution in [0.25, 0.3) is 5.65 Å². The number of hydrogen-bond donors (Lipinski definition) is 2. The molecule has 40 heavy (non-hydrogen) atoms. The van der Waals surface area contributed by atoms with Crippen molar-refractivity contribution in [2.24, 2.45) is 17.8 Å². The predicted octanol–water partition coefficient (Wildman–Crippen LogP) is 4.22. The molecule has 0 aromatic carbocycles. The summed E-state index contributed by atoms with van der Waals surface area (Å²) in [6.07, 6.45) is 5.58. The number of amides is 3. The van der Waals surface area contributed by atoms with Crippen molar-refractivity contribution in [1.82, 2.24) is 40.4 Å². The lowest BCUT2D eigenvalue weighted by molar-refractivity contribution is -0.0495. The van der Waals surface area contributed by atoms with Crippen molar-refractivity contribution in [3.8, 4) is 0 Å². The molecule has 6 rings (SSSR count). The Bertz CT molecular complexity index is 1410. The van der Waals surface area contributed by atoms with Crippen LogP contribution in [0.15, 0.2) is 23.1 Å². The highest BCUT2D eigenvalue weighted by molar-refractivity contribution is 5.93. The van der Waals surface area contributed by atoms with Crippen molar-refractivity contribution in [2.75, 3.05) is 6.54 Å². The molecule has 11 nitrogen and oxygen atoms in total. The fraction of sp³-hybridized carbons (Fsp3) is 0.630. The van der Waals surface area contributed by atoms with Gasteiger partial charge in [0, 0.05) is 19.4 Å². The SMILES string of the molecule is Cc1nonc1C(=O)NC(c1cn2ncc(C(C3CC3)N3C[C@@H](C(C)C)NC3=O)cc2n1)C1CCC(F)(F)CC1. The molecule has 3 aromatic heterocycles. The van der Waals surface area contributed by atoms with Crippen molar-refractivity contribution < 1.29 is 23.0 Å². The number of carbonyl (C=O) groups excluding carboxylic acids is 2. The van der Waals surface area contributed by atoms with Crippen LogP contribution in [-0.2, 0) is 0 Å². The quantitative estimate of drug-likeness (QED) is 0.425. The van der Waals surface area contributed by atoms with E-state index in [9.17, 15) is 18.4 Å². The molecule has 13 heteroatoms. The molecule has 4 heterocycles. The van der Waals surface area contributed by atoms with E-state index in [1.165, 1.54) is 0 Å². The van der Waals surface area contributed by atoms with Gasteiger partial charge in [0.2, 0.25) is 5.92 Å². The van der Waals surface area contributed by atoms with Crippen molar-refractivity contribution >= 4 is 17.6 Å². The third-order valence-corrected chi connectivity index (χ3v) is 8.58. The van der Waals surface area contributed by atoms with Crippen molar-refractivity contribution in [2.45, 2.75) is 83.3 Å². The first-order chi connectivity index (χ1) is 19.1. The average molecular weight is 557 g/mol. The normalized spacial score (nSPS) is 23.0. The van der Waals surface area contributed by atoms with Gasteiger partial charge in [-0.1, -0.05) is 19.0 Å². The predicted molar refractivity (Wildman–Crippen MR) is 138 cm³/mol. The Balaban J connectivity index is 1.30. The van der Waals surface area contributed by atoms with E-state index in [0.717, 1.165) is 18.4 Å². The van der Waals surface area contributed by atoms with Crippen molar-refractivity contribution in [3.63, 3.8) is 0 Å². The van der Waals surface area contributed by atoms with Crippen LogP contribution in [0, 0.1) is 24.7 Å². The highest BCUT2D eigenvalue weighted by atomic mass is 19.3. The monoisotopic (exact) mass is 556 g/mol. The summed E-state index contributed by atoms with van der Waals surface area (Å²) in [4.78, 5) is 32.7. The zero-order valence-corrected chi connectivity index (χ0v) is 22.8. The standard InChI is InChI=1S/C27H34F2N8O3/c1-14(2)19-12-36(26(39)32-19)24(17-4-5-17)18-10-21-31-20(13-37(21)30-11-18)23(16-6-8-27(28,29)9-7-16)33-25(38)22-15(3)34-40-35-22/h10-11,13-14,16-17,19,23-24H,4-9,12H2,1-3H3,(H,32,39)(H,33,38)/t19-,23?,24?/m0/s1. The first-order valence-corrected chi connectivity index (χ1v) is 14.0. The van der Waals surface area contributed by atoms with Gasteiger partial charge in [0.25, 0.3) is 5.91 Å². The van der Waals surface area contributed by atoms with Gasteiger partial charge in [0.05, 0.1) is 36.2 Å². The van der Waals surface area contributed by atoms with E-state index >= 15 is 0 Å². The zero-order chi connectivity index (χ0) is 28.2. The lowest BCUT2D eigenvalue weighted by atomic mass is 9.81. The number of fused-ring (bicyclic) bond motifs is 1. The van der Waals surface area contributed by atoms with Gasteiger partial charge in [0.15, 0.2) is 11.3 Å². The molecule has 1 saturated heterocycles. The largest absolute Gasteiger partial charge is 0.342 e. The Hall–Kier alpha value is -3.64. The van der Waals surface area contributed by atoms with E-state index in [4.69, 9.17) is 4.98 Å². The minimum absolute atomic E-state index is 0.0474. The molecule has 3 atom stereocenters. The van der Waals surface area contributed by atoms with Gasteiger partial charge in [0.1, 0.15) is 5.69 Å². The van der Waals surface area contributed by atoms with Crippen molar-refractivity contribution in [1.29, 1.82) is 0 Å². The van der Waals surface area contributed by atoms with Crippen LogP contribution in [0.3, 0.4) is 0 Å². The molecule has 3 aromatic rings. The first kappa shape index (κ1) is 26.6. The Morgan fingerprint density at radius 1 is 1.18 bits per heavy atom. The fourth-order valence-electron chi connectivity index (χ4n) is 6.02. The van der Waals surface area contributed by atoms with Gasteiger partial charge in [-0.3, -0.25) is 4.79 Å². The first-order valence-electron chi connectivity index (χ1n) is 14.0. The molecule has 3 fully saturated rings. The minimum atomic E-state index is -2.71. The van der Waals surface area contributed by atoms with Gasteiger partial charge in [-0.25, -0.2) is 27.7 Å². The molecular weight excluding hydrogens is 522 g/mol. The Labute approximate surface area is 230 Å². The lowest BCUT2D eigenvalue weighted by Gasteiger charge is -2.33. The van der Waals surface area contributed by atoms with E-state index in [1.807, 2.05) is 11.0 Å². The summed E-state index contributed by atoms with van der Waals surface area (Å²) in [6, 6.07) is 1.25. The zero-order valence-electron chi connectivity index (χ0n) is 22.8. The summed E-state index contributed by atoms with van der Waals surface area (Å²) < 4.78 is 34.3. The molecule has 0 spiro atoms. The number of halogens is 2. The smallest absolute Gasteiger partial charge is 0.318 e. The molecule has 3 amide bonds. The minimum Gasteiger partial charge on any atom is -0.342 e. The van der Waals surface area contributed by atoms with Gasteiger partial charge in [-0.2, -0.15) is 5.10 Å². The number of hydrogen-bond acceptors (Lipinski definition) is 7. The summed E-state index contributed by atoms with van der Waals surface area (Å²) >= 11 is 0. The van der Waals surface area contributed by atoms with Crippen LogP contribution in [0.1, 0.15) is 91.9 Å². The van der Waals surface area contributed by atoms with E-state index in [0.29, 0.717) is 35.4 Å². The molecule has 214 valence electrons. The van der Waals surface area contributed by atoms with E-state index in [2.05, 4.69) is 44.5 Å². The maximum atomic E-state index is 14.0. The Kier molecular flexibility index (Phi) is 6.70. The maximum absolute atomic E-state index is 14.0. The number of rotatable bonds is 8. The maximum Gasteiger partial charge on any atom is 0.318 e. The third-order valence-electron chi connectivity index (χ3n) is 8.58.